The standard InChI is InChI=1S/C23H17Cl3N2O5/c24-13-3-5-15(6-4-13)28-20(29)18-17-7-8-23(33-17,19(18)21(28)30)11-27-22(31)32-10-12-1-2-14(25)9-16(12)26/h1-9,17-19H,10-11H2,(H,27,31)/t17-,18-,19+,23+/m0/s1. The summed E-state index contributed by atoms with van der Waals surface area (Å²) in [5.41, 5.74) is -0.0756. The molecule has 0 spiro atoms. The molecule has 10 heteroatoms. The topological polar surface area (TPSA) is 84.9 Å². The van der Waals surface area contributed by atoms with Crippen molar-refractivity contribution in [3.05, 3.63) is 75.2 Å². The Labute approximate surface area is 204 Å². The van der Waals surface area contributed by atoms with Crippen LogP contribution < -0.4 is 10.2 Å². The Morgan fingerprint density at radius 2 is 1.79 bits per heavy atom. The normalized spacial score (nSPS) is 27.2. The molecule has 0 unspecified atom stereocenters. The van der Waals surface area contributed by atoms with Crippen LogP contribution >= 0.6 is 34.8 Å². The molecule has 5 rings (SSSR count). The number of benzene rings is 2. The van der Waals surface area contributed by atoms with Gasteiger partial charge in [0, 0.05) is 20.6 Å². The van der Waals surface area contributed by atoms with Crippen LogP contribution in [0.3, 0.4) is 0 Å². The van der Waals surface area contributed by atoms with E-state index < -0.39 is 29.6 Å². The lowest BCUT2D eigenvalue weighted by molar-refractivity contribution is -0.126. The minimum absolute atomic E-state index is 0.0260. The summed E-state index contributed by atoms with van der Waals surface area (Å²) in [6, 6.07) is 11.4. The maximum Gasteiger partial charge on any atom is 0.407 e. The Morgan fingerprint density at radius 3 is 2.52 bits per heavy atom. The number of ether oxygens (including phenoxy) is 2. The fraction of sp³-hybridized carbons (Fsp3) is 0.261. The highest BCUT2D eigenvalue weighted by Crippen LogP contribution is 2.52. The van der Waals surface area contributed by atoms with E-state index in [1.54, 1.807) is 54.6 Å². The third kappa shape index (κ3) is 3.79. The first-order chi connectivity index (χ1) is 15.8. The molecule has 170 valence electrons. The van der Waals surface area contributed by atoms with E-state index in [4.69, 9.17) is 44.3 Å². The quantitative estimate of drug-likeness (QED) is 0.479. The zero-order valence-electron chi connectivity index (χ0n) is 17.0. The molecule has 2 fully saturated rings. The smallest absolute Gasteiger partial charge is 0.407 e. The van der Waals surface area contributed by atoms with Crippen LogP contribution in [0.25, 0.3) is 0 Å². The van der Waals surface area contributed by atoms with E-state index in [0.717, 1.165) is 0 Å². The number of amides is 3. The van der Waals surface area contributed by atoms with E-state index in [1.165, 1.54) is 4.90 Å². The molecule has 1 N–H and O–H groups in total. The van der Waals surface area contributed by atoms with Crippen molar-refractivity contribution in [3.63, 3.8) is 0 Å². The highest BCUT2D eigenvalue weighted by atomic mass is 35.5. The second-order valence-corrected chi connectivity index (χ2v) is 9.33. The Morgan fingerprint density at radius 1 is 1.06 bits per heavy atom. The number of hydrogen-bond acceptors (Lipinski definition) is 5. The molecule has 2 aromatic rings. The lowest BCUT2D eigenvalue weighted by atomic mass is 9.77. The highest BCUT2D eigenvalue weighted by Gasteiger charge is 2.67. The highest BCUT2D eigenvalue weighted by molar-refractivity contribution is 6.35. The van der Waals surface area contributed by atoms with Crippen molar-refractivity contribution >= 4 is 58.4 Å². The Kier molecular flexibility index (Phi) is 5.61. The summed E-state index contributed by atoms with van der Waals surface area (Å²) in [7, 11) is 0. The lowest BCUT2D eigenvalue weighted by Crippen LogP contribution is -2.49. The molecule has 3 aliphatic heterocycles. The number of rotatable bonds is 5. The zero-order chi connectivity index (χ0) is 23.3. The van der Waals surface area contributed by atoms with Crippen molar-refractivity contribution in [2.75, 3.05) is 11.4 Å². The van der Waals surface area contributed by atoms with Crippen LogP contribution in [0.5, 0.6) is 0 Å². The molecular weight excluding hydrogens is 491 g/mol. The molecule has 2 aromatic carbocycles. The summed E-state index contributed by atoms with van der Waals surface area (Å²) in [5.74, 6) is -2.10. The van der Waals surface area contributed by atoms with Gasteiger partial charge >= 0.3 is 6.09 Å². The summed E-state index contributed by atoms with van der Waals surface area (Å²) in [6.45, 7) is -0.0796. The Hall–Kier alpha value is -2.58. The number of alkyl carbamates (subject to hydrolysis) is 1. The van der Waals surface area contributed by atoms with Gasteiger partial charge in [-0.2, -0.15) is 0 Å². The van der Waals surface area contributed by atoms with Crippen LogP contribution in [0.4, 0.5) is 10.5 Å². The zero-order valence-corrected chi connectivity index (χ0v) is 19.2. The van der Waals surface area contributed by atoms with Gasteiger partial charge in [0.2, 0.25) is 11.8 Å². The number of fused-ring (bicyclic) bond motifs is 5. The van der Waals surface area contributed by atoms with Gasteiger partial charge in [0.05, 0.1) is 30.2 Å². The second kappa shape index (κ2) is 8.33. The van der Waals surface area contributed by atoms with E-state index >= 15 is 0 Å². The summed E-state index contributed by atoms with van der Waals surface area (Å²) in [5, 5.41) is 4.01. The molecule has 2 saturated heterocycles. The van der Waals surface area contributed by atoms with Gasteiger partial charge in [0.15, 0.2) is 0 Å². The third-order valence-electron chi connectivity index (χ3n) is 6.12. The van der Waals surface area contributed by atoms with Gasteiger partial charge in [-0.3, -0.25) is 9.59 Å². The number of nitrogens with zero attached hydrogens (tertiary/aromatic N) is 1. The van der Waals surface area contributed by atoms with Gasteiger partial charge in [-0.15, -0.1) is 0 Å². The molecule has 3 aliphatic rings. The molecular formula is C23H17Cl3N2O5. The van der Waals surface area contributed by atoms with Crippen molar-refractivity contribution in [2.24, 2.45) is 11.8 Å². The monoisotopic (exact) mass is 506 g/mol. The van der Waals surface area contributed by atoms with Gasteiger partial charge in [-0.05, 0) is 36.4 Å². The third-order valence-corrected chi connectivity index (χ3v) is 6.96. The van der Waals surface area contributed by atoms with Crippen LogP contribution in [0.1, 0.15) is 5.56 Å². The van der Waals surface area contributed by atoms with Crippen molar-refractivity contribution < 1.29 is 23.9 Å². The summed E-state index contributed by atoms with van der Waals surface area (Å²) < 4.78 is 11.3. The van der Waals surface area contributed by atoms with Gasteiger partial charge < -0.3 is 14.8 Å². The molecule has 0 radical (unpaired) electrons. The number of hydrogen-bond donors (Lipinski definition) is 1. The average molecular weight is 508 g/mol. The van der Waals surface area contributed by atoms with Crippen molar-refractivity contribution in [2.45, 2.75) is 18.3 Å². The molecule has 3 amide bonds. The van der Waals surface area contributed by atoms with Crippen LogP contribution in [-0.4, -0.2) is 36.2 Å². The number of anilines is 1. The molecule has 2 bridgehead atoms. The van der Waals surface area contributed by atoms with Crippen LogP contribution in [0.15, 0.2) is 54.6 Å². The van der Waals surface area contributed by atoms with Crippen LogP contribution in [-0.2, 0) is 25.7 Å². The van der Waals surface area contributed by atoms with Crippen molar-refractivity contribution in [1.82, 2.24) is 5.32 Å². The van der Waals surface area contributed by atoms with Gasteiger partial charge in [-0.25, -0.2) is 9.69 Å². The lowest BCUT2D eigenvalue weighted by Gasteiger charge is -2.28. The minimum Gasteiger partial charge on any atom is -0.445 e. The van der Waals surface area contributed by atoms with Crippen molar-refractivity contribution in [1.29, 1.82) is 0 Å². The first-order valence-corrected chi connectivity index (χ1v) is 11.3. The number of imide groups is 1. The SMILES string of the molecule is O=C(NC[C@@]12C=C[C@H](O1)[C@@H]1C(=O)N(c3ccc(Cl)cc3)C(=O)[C@@H]12)OCc1ccc(Cl)cc1Cl. The van der Waals surface area contributed by atoms with Crippen LogP contribution in [0.2, 0.25) is 15.1 Å². The maximum atomic E-state index is 13.3. The van der Waals surface area contributed by atoms with Gasteiger partial charge in [0.1, 0.15) is 12.2 Å². The van der Waals surface area contributed by atoms with Gasteiger partial charge in [0.25, 0.3) is 0 Å². The van der Waals surface area contributed by atoms with E-state index in [1.807, 2.05) is 0 Å². The predicted octanol–water partition coefficient (Wildman–Crippen LogP) is 4.39. The van der Waals surface area contributed by atoms with E-state index in [-0.39, 0.29) is 25.0 Å². The molecule has 4 atom stereocenters. The van der Waals surface area contributed by atoms with E-state index in [9.17, 15) is 14.4 Å². The second-order valence-electron chi connectivity index (χ2n) is 8.05. The van der Waals surface area contributed by atoms with Crippen LogP contribution in [0, 0.1) is 11.8 Å². The average Bonchev–Trinajstić information content (AvgIpc) is 3.43. The first-order valence-electron chi connectivity index (χ1n) is 10.1. The number of halogens is 3. The Bertz CT molecular complexity index is 1190. The Balaban J connectivity index is 1.27. The fourth-order valence-electron chi connectivity index (χ4n) is 4.59. The number of carbonyl (C=O) groups is 3. The molecule has 7 nitrogen and oxygen atoms in total. The van der Waals surface area contributed by atoms with Gasteiger partial charge in [-0.1, -0.05) is 53.0 Å². The molecule has 0 aromatic heterocycles. The summed E-state index contributed by atoms with van der Waals surface area (Å²) in [4.78, 5) is 39.9. The molecule has 0 saturated carbocycles. The molecule has 3 heterocycles. The van der Waals surface area contributed by atoms with E-state index in [2.05, 4.69) is 5.32 Å². The predicted molar refractivity (Wildman–Crippen MR) is 122 cm³/mol. The number of nitrogens with one attached hydrogen (secondary N) is 1. The summed E-state index contributed by atoms with van der Waals surface area (Å²) >= 11 is 17.9. The first kappa shape index (κ1) is 22.2. The summed E-state index contributed by atoms with van der Waals surface area (Å²) in [6.07, 6.45) is 2.27. The largest absolute Gasteiger partial charge is 0.445 e. The minimum atomic E-state index is -1.12. The molecule has 33 heavy (non-hydrogen) atoms. The number of carbonyl (C=O) groups excluding carboxylic acids is 3. The van der Waals surface area contributed by atoms with E-state index in [0.29, 0.717) is 26.3 Å². The fourth-order valence-corrected chi connectivity index (χ4v) is 5.18. The molecule has 0 aliphatic carbocycles. The maximum absolute atomic E-state index is 13.3. The van der Waals surface area contributed by atoms with Crippen molar-refractivity contribution in [3.8, 4) is 0 Å².